The fraction of sp³-hybridized carbons (Fsp3) is 0.200. The van der Waals surface area contributed by atoms with Gasteiger partial charge in [-0.3, -0.25) is 0 Å². The molecule has 17 heavy (non-hydrogen) atoms. The second kappa shape index (κ2) is 5.02. The van der Waals surface area contributed by atoms with E-state index in [1.165, 1.54) is 5.56 Å². The van der Waals surface area contributed by atoms with Crippen molar-refractivity contribution in [3.8, 4) is 11.5 Å². The van der Waals surface area contributed by atoms with Crippen molar-refractivity contribution in [2.75, 3.05) is 0 Å². The lowest BCUT2D eigenvalue weighted by atomic mass is 10.1. The number of benzene rings is 2. The molecule has 2 heteroatoms. The number of ether oxygens (including phenoxy) is 1. The molecule has 0 heterocycles. The van der Waals surface area contributed by atoms with Crippen LogP contribution in [0.1, 0.15) is 16.7 Å². The van der Waals surface area contributed by atoms with Gasteiger partial charge in [0.25, 0.3) is 0 Å². The molecule has 0 unspecified atom stereocenters. The molecule has 0 radical (unpaired) electrons. The average molecular weight is 228 g/mol. The van der Waals surface area contributed by atoms with Crippen molar-refractivity contribution in [1.82, 2.24) is 0 Å². The van der Waals surface area contributed by atoms with Gasteiger partial charge in [0, 0.05) is 0 Å². The molecule has 88 valence electrons. The number of hydrogen-bond donors (Lipinski definition) is 1. The maximum absolute atomic E-state index is 9.09. The second-order valence-corrected chi connectivity index (χ2v) is 4.16. The highest BCUT2D eigenvalue weighted by Gasteiger charge is 2.01. The Morgan fingerprint density at radius 1 is 0.941 bits per heavy atom. The molecular formula is C15H16O2. The van der Waals surface area contributed by atoms with Gasteiger partial charge in [-0.25, -0.2) is 0 Å². The van der Waals surface area contributed by atoms with Crippen LogP contribution >= 0.6 is 0 Å². The predicted molar refractivity (Wildman–Crippen MR) is 68.4 cm³/mol. The quantitative estimate of drug-likeness (QED) is 0.870. The summed E-state index contributed by atoms with van der Waals surface area (Å²) in [7, 11) is 0. The molecule has 0 aliphatic carbocycles. The minimum Gasteiger partial charge on any atom is -0.457 e. The van der Waals surface area contributed by atoms with Gasteiger partial charge < -0.3 is 9.84 Å². The smallest absolute Gasteiger partial charge is 0.127 e. The van der Waals surface area contributed by atoms with Crippen molar-refractivity contribution < 1.29 is 9.84 Å². The third kappa shape index (κ3) is 2.86. The zero-order valence-electron chi connectivity index (χ0n) is 10.1. The van der Waals surface area contributed by atoms with Gasteiger partial charge in [0.1, 0.15) is 11.5 Å². The zero-order valence-corrected chi connectivity index (χ0v) is 10.1. The Morgan fingerprint density at radius 3 is 2.18 bits per heavy atom. The Hall–Kier alpha value is -1.80. The lowest BCUT2D eigenvalue weighted by molar-refractivity contribution is 0.281. The van der Waals surface area contributed by atoms with Crippen molar-refractivity contribution in [3.63, 3.8) is 0 Å². The summed E-state index contributed by atoms with van der Waals surface area (Å²) in [6.45, 7) is 4.08. The minimum absolute atomic E-state index is 0.0661. The lowest BCUT2D eigenvalue weighted by Crippen LogP contribution is -1.90. The van der Waals surface area contributed by atoms with Gasteiger partial charge in [-0.15, -0.1) is 0 Å². The topological polar surface area (TPSA) is 29.5 Å². The van der Waals surface area contributed by atoms with Crippen LogP contribution in [-0.2, 0) is 6.61 Å². The van der Waals surface area contributed by atoms with Crippen molar-refractivity contribution in [2.24, 2.45) is 0 Å². The van der Waals surface area contributed by atoms with Gasteiger partial charge in [0.05, 0.1) is 6.61 Å². The van der Waals surface area contributed by atoms with Crippen LogP contribution in [0.3, 0.4) is 0 Å². The molecule has 2 aromatic carbocycles. The van der Waals surface area contributed by atoms with E-state index in [-0.39, 0.29) is 6.61 Å². The van der Waals surface area contributed by atoms with Crippen LogP contribution in [0.5, 0.6) is 11.5 Å². The van der Waals surface area contributed by atoms with E-state index in [4.69, 9.17) is 9.84 Å². The molecule has 0 aliphatic rings. The minimum atomic E-state index is 0.0661. The number of aliphatic hydroxyl groups is 1. The summed E-state index contributed by atoms with van der Waals surface area (Å²) < 4.78 is 5.73. The Bertz CT molecular complexity index is 501. The molecule has 0 spiro atoms. The molecule has 0 aliphatic heterocycles. The molecule has 0 aromatic heterocycles. The Morgan fingerprint density at radius 2 is 1.59 bits per heavy atom. The molecule has 2 aromatic rings. The van der Waals surface area contributed by atoms with Crippen molar-refractivity contribution in [3.05, 3.63) is 59.2 Å². The van der Waals surface area contributed by atoms with Gasteiger partial charge in [0.15, 0.2) is 0 Å². The van der Waals surface area contributed by atoms with Crippen LogP contribution in [0, 0.1) is 13.8 Å². The Kier molecular flexibility index (Phi) is 3.45. The third-order valence-electron chi connectivity index (χ3n) is 2.74. The SMILES string of the molecule is Cc1ccc(Oc2ccc(CO)c(C)c2)cc1. The summed E-state index contributed by atoms with van der Waals surface area (Å²) in [5.41, 5.74) is 3.18. The van der Waals surface area contributed by atoms with Crippen LogP contribution in [-0.4, -0.2) is 5.11 Å². The van der Waals surface area contributed by atoms with Crippen LogP contribution in [0.25, 0.3) is 0 Å². The first-order chi connectivity index (χ1) is 8.19. The van der Waals surface area contributed by atoms with Crippen molar-refractivity contribution in [1.29, 1.82) is 0 Å². The summed E-state index contributed by atoms with van der Waals surface area (Å²) in [6.07, 6.45) is 0. The molecule has 0 saturated carbocycles. The zero-order chi connectivity index (χ0) is 12.3. The first-order valence-corrected chi connectivity index (χ1v) is 5.64. The molecule has 0 fully saturated rings. The number of rotatable bonds is 3. The highest BCUT2D eigenvalue weighted by Crippen LogP contribution is 2.24. The van der Waals surface area contributed by atoms with Gasteiger partial charge >= 0.3 is 0 Å². The molecule has 2 rings (SSSR count). The number of aliphatic hydroxyl groups excluding tert-OH is 1. The average Bonchev–Trinajstić information content (AvgIpc) is 2.32. The normalized spacial score (nSPS) is 10.3. The first kappa shape index (κ1) is 11.7. The largest absolute Gasteiger partial charge is 0.457 e. The van der Waals surface area contributed by atoms with E-state index >= 15 is 0 Å². The van der Waals surface area contributed by atoms with E-state index in [2.05, 4.69) is 0 Å². The fourth-order valence-corrected chi connectivity index (χ4v) is 1.65. The van der Waals surface area contributed by atoms with Crippen LogP contribution in [0.2, 0.25) is 0 Å². The highest BCUT2D eigenvalue weighted by atomic mass is 16.5. The Balaban J connectivity index is 2.19. The second-order valence-electron chi connectivity index (χ2n) is 4.16. The molecule has 0 amide bonds. The molecule has 0 bridgehead atoms. The van der Waals surface area contributed by atoms with Gasteiger partial charge in [-0.1, -0.05) is 23.8 Å². The van der Waals surface area contributed by atoms with E-state index in [0.29, 0.717) is 0 Å². The summed E-state index contributed by atoms with van der Waals surface area (Å²) in [5.74, 6) is 1.62. The van der Waals surface area contributed by atoms with Gasteiger partial charge in [-0.2, -0.15) is 0 Å². The van der Waals surface area contributed by atoms with E-state index in [9.17, 15) is 0 Å². The van der Waals surface area contributed by atoms with E-state index in [1.54, 1.807) is 0 Å². The molecule has 0 saturated heterocycles. The van der Waals surface area contributed by atoms with Crippen LogP contribution in [0.15, 0.2) is 42.5 Å². The Labute approximate surface area is 101 Å². The monoisotopic (exact) mass is 228 g/mol. The molecular weight excluding hydrogens is 212 g/mol. The maximum atomic E-state index is 9.09. The fourth-order valence-electron chi connectivity index (χ4n) is 1.65. The standard InChI is InChI=1S/C15H16O2/c1-11-3-6-14(7-4-11)17-15-8-5-13(10-16)12(2)9-15/h3-9,16H,10H2,1-2H3. The molecule has 0 atom stereocenters. The van der Waals surface area contributed by atoms with Gasteiger partial charge in [0.2, 0.25) is 0 Å². The maximum Gasteiger partial charge on any atom is 0.127 e. The number of aryl methyl sites for hydroxylation is 2. The van der Waals surface area contributed by atoms with Crippen molar-refractivity contribution in [2.45, 2.75) is 20.5 Å². The highest BCUT2D eigenvalue weighted by molar-refractivity contribution is 5.38. The summed E-state index contributed by atoms with van der Waals surface area (Å²) in [5, 5.41) is 9.09. The molecule has 1 N–H and O–H groups in total. The van der Waals surface area contributed by atoms with E-state index in [0.717, 1.165) is 22.6 Å². The number of hydrogen-bond acceptors (Lipinski definition) is 2. The third-order valence-corrected chi connectivity index (χ3v) is 2.74. The van der Waals surface area contributed by atoms with Crippen LogP contribution in [0.4, 0.5) is 0 Å². The van der Waals surface area contributed by atoms with Crippen LogP contribution < -0.4 is 4.74 Å². The van der Waals surface area contributed by atoms with Crippen molar-refractivity contribution >= 4 is 0 Å². The summed E-state index contributed by atoms with van der Waals surface area (Å²) >= 11 is 0. The predicted octanol–water partition coefficient (Wildman–Crippen LogP) is 3.59. The summed E-state index contributed by atoms with van der Waals surface area (Å²) in [4.78, 5) is 0. The van der Waals surface area contributed by atoms with E-state index in [1.807, 2.05) is 56.3 Å². The molecule has 2 nitrogen and oxygen atoms in total. The van der Waals surface area contributed by atoms with Gasteiger partial charge in [-0.05, 0) is 49.2 Å². The van der Waals surface area contributed by atoms with E-state index < -0.39 is 0 Å². The lowest BCUT2D eigenvalue weighted by Gasteiger charge is -2.08. The summed E-state index contributed by atoms with van der Waals surface area (Å²) in [6, 6.07) is 13.6. The first-order valence-electron chi connectivity index (χ1n) is 5.64.